The molecule has 0 aliphatic heterocycles. The Bertz CT molecular complexity index is 345. The number of rotatable bonds is 1. The minimum absolute atomic E-state index is 0.0776. The molecule has 0 atom stereocenters. The van der Waals surface area contributed by atoms with Gasteiger partial charge in [-0.2, -0.15) is 5.10 Å². The quantitative estimate of drug-likeness (QED) is 0.567. The number of aryl methyl sites for hydroxylation is 1. The molecule has 0 aromatic carbocycles. The highest BCUT2D eigenvalue weighted by Gasteiger charge is 2.03. The molecule has 58 valence electrons. The standard InChI is InChI=1S/C6H5ClN2O2/c1-9-5(10)3-2-4(8-9)6(7)11/h2-3H,1H3. The van der Waals surface area contributed by atoms with Gasteiger partial charge in [0.15, 0.2) is 0 Å². The Kier molecular flexibility index (Phi) is 2.05. The van der Waals surface area contributed by atoms with E-state index < -0.39 is 5.24 Å². The monoisotopic (exact) mass is 172 g/mol. The molecular formula is C6H5ClN2O2. The summed E-state index contributed by atoms with van der Waals surface area (Å²) in [5.41, 5.74) is -0.194. The Morgan fingerprint density at radius 1 is 1.64 bits per heavy atom. The van der Waals surface area contributed by atoms with E-state index in [9.17, 15) is 9.59 Å². The van der Waals surface area contributed by atoms with Gasteiger partial charge in [0.2, 0.25) is 0 Å². The van der Waals surface area contributed by atoms with Crippen molar-refractivity contribution in [1.82, 2.24) is 9.78 Å². The molecule has 4 nitrogen and oxygen atoms in total. The fraction of sp³-hybridized carbons (Fsp3) is 0.167. The number of nitrogens with zero attached hydrogens (tertiary/aromatic N) is 2. The summed E-state index contributed by atoms with van der Waals surface area (Å²) in [4.78, 5) is 21.2. The van der Waals surface area contributed by atoms with Crippen LogP contribution < -0.4 is 5.56 Å². The zero-order chi connectivity index (χ0) is 8.43. The first-order valence-corrected chi connectivity index (χ1v) is 3.23. The molecule has 1 heterocycles. The molecule has 0 unspecified atom stereocenters. The van der Waals surface area contributed by atoms with Gasteiger partial charge in [-0.1, -0.05) is 0 Å². The van der Waals surface area contributed by atoms with Crippen molar-refractivity contribution in [2.24, 2.45) is 7.05 Å². The van der Waals surface area contributed by atoms with Gasteiger partial charge in [0.05, 0.1) is 0 Å². The predicted octanol–water partition coefficient (Wildman–Crippen LogP) is 0.159. The van der Waals surface area contributed by atoms with Gasteiger partial charge >= 0.3 is 0 Å². The normalized spacial score (nSPS) is 9.64. The molecular weight excluding hydrogens is 168 g/mol. The minimum Gasteiger partial charge on any atom is -0.274 e. The third-order valence-electron chi connectivity index (χ3n) is 1.16. The molecule has 1 rings (SSSR count). The fourth-order valence-electron chi connectivity index (χ4n) is 0.607. The van der Waals surface area contributed by atoms with Crippen LogP contribution in [0.15, 0.2) is 16.9 Å². The van der Waals surface area contributed by atoms with E-state index in [2.05, 4.69) is 5.10 Å². The first-order valence-electron chi connectivity index (χ1n) is 2.85. The van der Waals surface area contributed by atoms with E-state index >= 15 is 0 Å². The van der Waals surface area contributed by atoms with Gasteiger partial charge in [0.25, 0.3) is 10.8 Å². The summed E-state index contributed by atoms with van der Waals surface area (Å²) >= 11 is 5.11. The second-order valence-corrected chi connectivity index (χ2v) is 2.30. The molecule has 0 N–H and O–H groups in total. The molecule has 0 bridgehead atoms. The molecule has 0 aliphatic rings. The Morgan fingerprint density at radius 3 is 2.73 bits per heavy atom. The molecule has 1 aromatic rings. The van der Waals surface area contributed by atoms with E-state index in [1.807, 2.05) is 0 Å². The van der Waals surface area contributed by atoms with Crippen molar-refractivity contribution in [3.63, 3.8) is 0 Å². The van der Waals surface area contributed by atoms with Crippen LogP contribution in [0.5, 0.6) is 0 Å². The maximum atomic E-state index is 10.7. The van der Waals surface area contributed by atoms with Crippen LogP contribution in [0.3, 0.4) is 0 Å². The van der Waals surface area contributed by atoms with Gasteiger partial charge < -0.3 is 0 Å². The summed E-state index contributed by atoms with van der Waals surface area (Å²) < 4.78 is 1.05. The summed E-state index contributed by atoms with van der Waals surface area (Å²) in [6.07, 6.45) is 0. The SMILES string of the molecule is Cn1nc(C(=O)Cl)ccc1=O. The highest BCUT2D eigenvalue weighted by Crippen LogP contribution is 1.94. The second-order valence-electron chi connectivity index (χ2n) is 1.95. The first-order chi connectivity index (χ1) is 5.11. The molecule has 5 heteroatoms. The molecule has 0 aliphatic carbocycles. The minimum atomic E-state index is -0.666. The highest BCUT2D eigenvalue weighted by molar-refractivity contribution is 6.67. The number of hydrogen-bond acceptors (Lipinski definition) is 3. The van der Waals surface area contributed by atoms with Gasteiger partial charge in [-0.15, -0.1) is 0 Å². The van der Waals surface area contributed by atoms with Crippen LogP contribution in [0.2, 0.25) is 0 Å². The van der Waals surface area contributed by atoms with Gasteiger partial charge in [-0.3, -0.25) is 9.59 Å². The Labute approximate surface area is 67.4 Å². The molecule has 1 aromatic heterocycles. The van der Waals surface area contributed by atoms with Gasteiger partial charge in [-0.05, 0) is 17.7 Å². The molecule has 0 fully saturated rings. The zero-order valence-electron chi connectivity index (χ0n) is 5.74. The summed E-state index contributed by atoms with van der Waals surface area (Å²) in [7, 11) is 1.45. The van der Waals surface area contributed by atoms with Crippen LogP contribution in [-0.4, -0.2) is 15.0 Å². The zero-order valence-corrected chi connectivity index (χ0v) is 6.50. The Morgan fingerprint density at radius 2 is 2.27 bits per heavy atom. The van der Waals surface area contributed by atoms with Crippen molar-refractivity contribution in [2.75, 3.05) is 0 Å². The van der Waals surface area contributed by atoms with Gasteiger partial charge in [0, 0.05) is 13.1 Å². The largest absolute Gasteiger partial charge is 0.274 e. The van der Waals surface area contributed by atoms with Crippen LogP contribution in [0.4, 0.5) is 0 Å². The highest BCUT2D eigenvalue weighted by atomic mass is 35.5. The van der Waals surface area contributed by atoms with Crippen LogP contribution in [-0.2, 0) is 7.05 Å². The Hall–Kier alpha value is -1.16. The third kappa shape index (κ3) is 1.65. The average Bonchev–Trinajstić information content (AvgIpc) is 1.94. The summed E-state index contributed by atoms with van der Waals surface area (Å²) in [5, 5.41) is 2.93. The lowest BCUT2D eigenvalue weighted by Crippen LogP contribution is -2.19. The van der Waals surface area contributed by atoms with Crippen LogP contribution in [0.25, 0.3) is 0 Å². The predicted molar refractivity (Wildman–Crippen MR) is 39.7 cm³/mol. The van der Waals surface area contributed by atoms with E-state index in [0.717, 1.165) is 4.68 Å². The lowest BCUT2D eigenvalue weighted by molar-refractivity contribution is 0.107. The molecule has 11 heavy (non-hydrogen) atoms. The van der Waals surface area contributed by atoms with Crippen molar-refractivity contribution < 1.29 is 4.79 Å². The smallest absolute Gasteiger partial charge is 0.272 e. The van der Waals surface area contributed by atoms with Gasteiger partial charge in [-0.25, -0.2) is 4.68 Å². The van der Waals surface area contributed by atoms with Crippen molar-refractivity contribution in [2.45, 2.75) is 0 Å². The van der Waals surface area contributed by atoms with Crippen molar-refractivity contribution in [3.8, 4) is 0 Å². The van der Waals surface area contributed by atoms with E-state index in [-0.39, 0.29) is 11.3 Å². The number of carbonyl (C=O) groups excluding carboxylic acids is 1. The van der Waals surface area contributed by atoms with Crippen LogP contribution in [0.1, 0.15) is 10.5 Å². The van der Waals surface area contributed by atoms with E-state index in [1.165, 1.54) is 19.2 Å². The van der Waals surface area contributed by atoms with Crippen molar-refractivity contribution >= 4 is 16.8 Å². The molecule has 0 radical (unpaired) electrons. The van der Waals surface area contributed by atoms with Crippen LogP contribution >= 0.6 is 11.6 Å². The maximum absolute atomic E-state index is 10.7. The number of carbonyl (C=O) groups is 1. The molecule has 0 saturated heterocycles. The fourth-order valence-corrected chi connectivity index (χ4v) is 0.708. The maximum Gasteiger partial charge on any atom is 0.272 e. The van der Waals surface area contributed by atoms with Crippen LogP contribution in [0, 0.1) is 0 Å². The van der Waals surface area contributed by atoms with Crippen molar-refractivity contribution in [1.29, 1.82) is 0 Å². The number of aromatic nitrogens is 2. The van der Waals surface area contributed by atoms with Crippen molar-refractivity contribution in [3.05, 3.63) is 28.2 Å². The second kappa shape index (κ2) is 2.84. The van der Waals surface area contributed by atoms with E-state index in [1.54, 1.807) is 0 Å². The average molecular weight is 173 g/mol. The molecule has 0 amide bonds. The lowest BCUT2D eigenvalue weighted by atomic mass is 10.4. The molecule has 0 saturated carbocycles. The summed E-state index contributed by atoms with van der Waals surface area (Å²) in [6, 6.07) is 2.53. The number of halogens is 1. The third-order valence-corrected chi connectivity index (χ3v) is 1.36. The first kappa shape index (κ1) is 7.94. The van der Waals surface area contributed by atoms with E-state index in [4.69, 9.17) is 11.6 Å². The molecule has 0 spiro atoms. The van der Waals surface area contributed by atoms with E-state index in [0.29, 0.717) is 0 Å². The lowest BCUT2D eigenvalue weighted by Gasteiger charge is -1.95. The summed E-state index contributed by atoms with van der Waals surface area (Å²) in [5.74, 6) is 0. The summed E-state index contributed by atoms with van der Waals surface area (Å²) in [6.45, 7) is 0. The van der Waals surface area contributed by atoms with Gasteiger partial charge in [0.1, 0.15) is 5.69 Å². The number of hydrogen-bond donors (Lipinski definition) is 0. The Balaban J connectivity index is 3.26. The topological polar surface area (TPSA) is 52.0 Å².